The molecular weight excluding hydrogens is 288 g/mol. The fourth-order valence-corrected chi connectivity index (χ4v) is 2.23. The number of halogens is 1. The first-order valence-electron chi connectivity index (χ1n) is 5.67. The lowest BCUT2D eigenvalue weighted by molar-refractivity contribution is 0.764. The van der Waals surface area contributed by atoms with E-state index in [1.54, 1.807) is 7.05 Å². The molecule has 0 spiro atoms. The van der Waals surface area contributed by atoms with Gasteiger partial charge in [0.2, 0.25) is 5.95 Å². The summed E-state index contributed by atoms with van der Waals surface area (Å²) in [5.74, 6) is 0.509. The average molecular weight is 301 g/mol. The first-order valence-corrected chi connectivity index (χ1v) is 6.87. The third-order valence-corrected chi connectivity index (χ3v) is 3.71. The van der Waals surface area contributed by atoms with Crippen LogP contribution in [0.15, 0.2) is 21.2 Å². The van der Waals surface area contributed by atoms with Crippen LogP contribution in [0.25, 0.3) is 0 Å². The number of nitrogens with one attached hydrogen (secondary N) is 2. The Hall–Kier alpha value is -1.54. The van der Waals surface area contributed by atoms with Crippen LogP contribution in [0, 0.1) is 0 Å². The Labute approximate surface area is 118 Å². The van der Waals surface area contributed by atoms with Crippen LogP contribution in [0.5, 0.6) is 0 Å². The molecule has 0 unspecified atom stereocenters. The average Bonchev–Trinajstić information content (AvgIpc) is 2.71. The van der Waals surface area contributed by atoms with Crippen LogP contribution >= 0.6 is 23.4 Å². The van der Waals surface area contributed by atoms with Gasteiger partial charge in [-0.3, -0.25) is 4.57 Å². The molecule has 0 saturated carbocycles. The SMILES string of the molecule is CCCNc1ncc(Cl)c(Sc2n[nH]c(=O)n2C)n1. The molecule has 0 aliphatic carbocycles. The molecular formula is C10H13ClN6OS. The lowest BCUT2D eigenvalue weighted by Crippen LogP contribution is -2.13. The minimum absolute atomic E-state index is 0.281. The van der Waals surface area contributed by atoms with Gasteiger partial charge in [0.25, 0.3) is 0 Å². The predicted octanol–water partition coefficient (Wildman–Crippen LogP) is 1.52. The largest absolute Gasteiger partial charge is 0.354 e. The summed E-state index contributed by atoms with van der Waals surface area (Å²) in [7, 11) is 1.62. The van der Waals surface area contributed by atoms with Crippen molar-refractivity contribution in [3.05, 3.63) is 21.7 Å². The quantitative estimate of drug-likeness (QED) is 0.814. The number of hydrogen-bond donors (Lipinski definition) is 2. The summed E-state index contributed by atoms with van der Waals surface area (Å²) < 4.78 is 1.39. The van der Waals surface area contributed by atoms with Crippen molar-refractivity contribution < 1.29 is 0 Å². The third-order valence-electron chi connectivity index (χ3n) is 2.27. The Balaban J connectivity index is 2.23. The highest BCUT2D eigenvalue weighted by Crippen LogP contribution is 2.29. The minimum atomic E-state index is -0.281. The van der Waals surface area contributed by atoms with Gasteiger partial charge < -0.3 is 5.32 Å². The number of nitrogens with zero attached hydrogens (tertiary/aromatic N) is 4. The summed E-state index contributed by atoms with van der Waals surface area (Å²) in [6, 6.07) is 0. The highest BCUT2D eigenvalue weighted by Gasteiger charge is 2.12. The summed E-state index contributed by atoms with van der Waals surface area (Å²) in [6.07, 6.45) is 2.50. The second-order valence-corrected chi connectivity index (χ2v) is 5.11. The van der Waals surface area contributed by atoms with E-state index >= 15 is 0 Å². The summed E-state index contributed by atoms with van der Waals surface area (Å²) in [6.45, 7) is 2.84. The van der Waals surface area contributed by atoms with Gasteiger partial charge in [0, 0.05) is 13.6 Å². The minimum Gasteiger partial charge on any atom is -0.354 e. The Kier molecular flexibility index (Phi) is 4.43. The van der Waals surface area contributed by atoms with Crippen LogP contribution in [0.2, 0.25) is 5.02 Å². The molecule has 0 aliphatic heterocycles. The lowest BCUT2D eigenvalue weighted by Gasteiger charge is -2.06. The van der Waals surface area contributed by atoms with Crippen molar-refractivity contribution >= 4 is 29.3 Å². The first kappa shape index (κ1) is 13.9. The standard InChI is InChI=1S/C10H13ClN6OS/c1-3-4-12-8-13-5-6(11)7(14-8)19-10-16-15-9(18)17(10)2/h5H,3-4H2,1-2H3,(H,15,18)(H,12,13,14). The van der Waals surface area contributed by atoms with Crippen molar-refractivity contribution in [1.29, 1.82) is 0 Å². The molecule has 2 N–H and O–H groups in total. The van der Waals surface area contributed by atoms with Gasteiger partial charge in [-0.1, -0.05) is 18.5 Å². The molecule has 0 amide bonds. The fourth-order valence-electron chi connectivity index (χ4n) is 1.26. The maximum Gasteiger partial charge on any atom is 0.343 e. The van der Waals surface area contributed by atoms with E-state index in [-0.39, 0.29) is 5.69 Å². The van der Waals surface area contributed by atoms with Gasteiger partial charge in [0.05, 0.1) is 11.2 Å². The maximum atomic E-state index is 11.3. The van der Waals surface area contributed by atoms with E-state index in [1.165, 1.54) is 22.5 Å². The molecule has 0 radical (unpaired) electrons. The van der Waals surface area contributed by atoms with E-state index in [0.717, 1.165) is 13.0 Å². The van der Waals surface area contributed by atoms with Crippen LogP contribution < -0.4 is 11.0 Å². The van der Waals surface area contributed by atoms with Gasteiger partial charge in [-0.15, -0.1) is 5.10 Å². The van der Waals surface area contributed by atoms with Crippen LogP contribution in [0.3, 0.4) is 0 Å². The van der Waals surface area contributed by atoms with Crippen molar-refractivity contribution in [2.75, 3.05) is 11.9 Å². The maximum absolute atomic E-state index is 11.3. The molecule has 0 fully saturated rings. The second-order valence-electron chi connectivity index (χ2n) is 3.75. The summed E-state index contributed by atoms with van der Waals surface area (Å²) in [4.78, 5) is 19.7. The number of aromatic nitrogens is 5. The third kappa shape index (κ3) is 3.27. The Morgan fingerprint density at radius 1 is 1.58 bits per heavy atom. The Bertz CT molecular complexity index is 625. The topological polar surface area (TPSA) is 88.5 Å². The highest BCUT2D eigenvalue weighted by molar-refractivity contribution is 7.99. The molecule has 19 heavy (non-hydrogen) atoms. The van der Waals surface area contributed by atoms with Crippen molar-refractivity contribution in [2.24, 2.45) is 7.05 Å². The molecule has 0 bridgehead atoms. The zero-order valence-electron chi connectivity index (χ0n) is 10.5. The zero-order chi connectivity index (χ0) is 13.8. The molecule has 2 aromatic rings. The van der Waals surface area contributed by atoms with Crippen LogP contribution in [0.1, 0.15) is 13.3 Å². The van der Waals surface area contributed by atoms with Gasteiger partial charge in [-0.2, -0.15) is 0 Å². The van der Waals surface area contributed by atoms with E-state index in [1.807, 2.05) is 0 Å². The van der Waals surface area contributed by atoms with E-state index in [4.69, 9.17) is 11.6 Å². The highest BCUT2D eigenvalue weighted by atomic mass is 35.5. The second kappa shape index (κ2) is 6.07. The summed E-state index contributed by atoms with van der Waals surface area (Å²) in [5.41, 5.74) is -0.281. The predicted molar refractivity (Wildman–Crippen MR) is 73.8 cm³/mol. The number of anilines is 1. The van der Waals surface area contributed by atoms with Crippen molar-refractivity contribution in [3.63, 3.8) is 0 Å². The van der Waals surface area contributed by atoms with E-state index in [0.29, 0.717) is 21.2 Å². The summed E-state index contributed by atoms with van der Waals surface area (Å²) >= 11 is 7.25. The van der Waals surface area contributed by atoms with Crippen molar-refractivity contribution in [1.82, 2.24) is 24.7 Å². The molecule has 9 heteroatoms. The molecule has 0 atom stereocenters. The molecule has 2 heterocycles. The van der Waals surface area contributed by atoms with Gasteiger partial charge >= 0.3 is 5.69 Å². The first-order chi connectivity index (χ1) is 9.11. The molecule has 2 aromatic heterocycles. The van der Waals surface area contributed by atoms with E-state index in [9.17, 15) is 4.79 Å². The lowest BCUT2D eigenvalue weighted by atomic mass is 10.5. The molecule has 0 saturated heterocycles. The molecule has 0 aliphatic rings. The van der Waals surface area contributed by atoms with Crippen LogP contribution in [0.4, 0.5) is 5.95 Å². The van der Waals surface area contributed by atoms with Gasteiger partial charge in [0.15, 0.2) is 5.16 Å². The van der Waals surface area contributed by atoms with Crippen LogP contribution in [-0.2, 0) is 7.05 Å². The van der Waals surface area contributed by atoms with Crippen LogP contribution in [-0.4, -0.2) is 31.3 Å². The molecule has 0 aromatic carbocycles. The molecule has 2 rings (SSSR count). The summed E-state index contributed by atoms with van der Waals surface area (Å²) in [5, 5.41) is 10.8. The smallest absolute Gasteiger partial charge is 0.343 e. The Morgan fingerprint density at radius 2 is 2.37 bits per heavy atom. The van der Waals surface area contributed by atoms with Gasteiger partial charge in [-0.05, 0) is 18.2 Å². The van der Waals surface area contributed by atoms with Gasteiger partial charge in [-0.25, -0.2) is 19.9 Å². The molecule has 7 nitrogen and oxygen atoms in total. The number of rotatable bonds is 5. The normalized spacial score (nSPS) is 10.7. The monoisotopic (exact) mass is 300 g/mol. The van der Waals surface area contributed by atoms with Gasteiger partial charge in [0.1, 0.15) is 5.03 Å². The Morgan fingerprint density at radius 3 is 3.00 bits per heavy atom. The zero-order valence-corrected chi connectivity index (χ0v) is 12.0. The van der Waals surface area contributed by atoms with Crippen molar-refractivity contribution in [3.8, 4) is 0 Å². The number of hydrogen-bond acceptors (Lipinski definition) is 6. The number of aromatic amines is 1. The fraction of sp³-hybridized carbons (Fsp3) is 0.400. The van der Waals surface area contributed by atoms with E-state index in [2.05, 4.69) is 32.4 Å². The number of H-pyrrole nitrogens is 1. The van der Waals surface area contributed by atoms with Crippen molar-refractivity contribution in [2.45, 2.75) is 23.5 Å². The molecule has 102 valence electrons. The van der Waals surface area contributed by atoms with E-state index < -0.39 is 0 Å².